The van der Waals surface area contributed by atoms with Crippen LogP contribution in [-0.4, -0.2) is 23.0 Å². The minimum absolute atomic E-state index is 0.0854. The van der Waals surface area contributed by atoms with Crippen LogP contribution in [0.25, 0.3) is 6.08 Å². The molecule has 3 amide bonds. The van der Waals surface area contributed by atoms with Crippen LogP contribution in [0.15, 0.2) is 108 Å². The molecule has 4 aromatic carbocycles. The average Bonchev–Trinajstić information content (AvgIpc) is 2.98. The van der Waals surface area contributed by atoms with Crippen LogP contribution in [0.5, 0.6) is 0 Å². The van der Waals surface area contributed by atoms with Gasteiger partial charge in [0.15, 0.2) is 0 Å². The van der Waals surface area contributed by atoms with E-state index in [0.717, 1.165) is 27.3 Å². The summed E-state index contributed by atoms with van der Waals surface area (Å²) in [5.41, 5.74) is 6.09. The lowest BCUT2D eigenvalue weighted by Crippen LogP contribution is -2.30. The second kappa shape index (κ2) is 14.5. The van der Waals surface area contributed by atoms with Gasteiger partial charge in [-0.25, -0.2) is 0 Å². The van der Waals surface area contributed by atoms with Crippen molar-refractivity contribution >= 4 is 46.9 Å². The molecular formula is C36H37N3O3S. The van der Waals surface area contributed by atoms with Crippen LogP contribution in [0.2, 0.25) is 0 Å². The number of thioether (sulfide) groups is 1. The Morgan fingerprint density at radius 2 is 1.35 bits per heavy atom. The maximum atomic E-state index is 13.4. The number of carbonyl (C=O) groups excluding carboxylic acids is 3. The van der Waals surface area contributed by atoms with Crippen LogP contribution in [0.1, 0.15) is 59.3 Å². The summed E-state index contributed by atoms with van der Waals surface area (Å²) in [6, 6.07) is 29.9. The molecule has 0 aliphatic carbocycles. The number of anilines is 2. The number of nitrogens with one attached hydrogen (secondary N) is 3. The van der Waals surface area contributed by atoms with Crippen molar-refractivity contribution in [1.29, 1.82) is 0 Å². The highest BCUT2D eigenvalue weighted by Crippen LogP contribution is 2.26. The van der Waals surface area contributed by atoms with Crippen molar-refractivity contribution in [3.63, 3.8) is 0 Å². The number of rotatable bonds is 10. The van der Waals surface area contributed by atoms with E-state index in [2.05, 4.69) is 35.9 Å². The molecule has 4 rings (SSSR count). The molecule has 4 aromatic rings. The summed E-state index contributed by atoms with van der Waals surface area (Å²) in [6.45, 7) is 10.1. The summed E-state index contributed by atoms with van der Waals surface area (Å²) < 4.78 is 0. The molecule has 43 heavy (non-hydrogen) atoms. The van der Waals surface area contributed by atoms with E-state index in [1.165, 1.54) is 17.3 Å². The monoisotopic (exact) mass is 591 g/mol. The number of aryl methyl sites for hydroxylation is 2. The molecule has 0 heterocycles. The fraction of sp³-hybridized carbons (Fsp3) is 0.194. The molecule has 6 nitrogen and oxygen atoms in total. The first-order chi connectivity index (χ1) is 20.6. The molecule has 220 valence electrons. The molecule has 0 aliphatic heterocycles. The van der Waals surface area contributed by atoms with Crippen molar-refractivity contribution < 1.29 is 14.4 Å². The summed E-state index contributed by atoms with van der Waals surface area (Å²) in [7, 11) is 0. The third-order valence-electron chi connectivity index (χ3n) is 6.73. The van der Waals surface area contributed by atoms with E-state index in [0.29, 0.717) is 17.2 Å². The second-order valence-corrected chi connectivity index (χ2v) is 12.2. The van der Waals surface area contributed by atoms with E-state index >= 15 is 0 Å². The van der Waals surface area contributed by atoms with E-state index in [-0.39, 0.29) is 22.8 Å². The van der Waals surface area contributed by atoms with E-state index in [1.54, 1.807) is 42.5 Å². The Kier molecular flexibility index (Phi) is 10.6. The highest BCUT2D eigenvalue weighted by atomic mass is 32.2. The number of amides is 3. The van der Waals surface area contributed by atoms with Gasteiger partial charge in [0.1, 0.15) is 5.70 Å². The van der Waals surface area contributed by atoms with Gasteiger partial charge in [0.05, 0.1) is 5.25 Å². The van der Waals surface area contributed by atoms with Crippen molar-refractivity contribution in [2.75, 3.05) is 10.6 Å². The highest BCUT2D eigenvalue weighted by Gasteiger charge is 2.17. The van der Waals surface area contributed by atoms with Crippen LogP contribution in [0.4, 0.5) is 11.4 Å². The van der Waals surface area contributed by atoms with Crippen LogP contribution in [0, 0.1) is 13.8 Å². The van der Waals surface area contributed by atoms with Crippen molar-refractivity contribution in [2.24, 2.45) is 0 Å². The molecule has 0 fully saturated rings. The maximum absolute atomic E-state index is 13.4. The Bertz CT molecular complexity index is 1590. The smallest absolute Gasteiger partial charge is 0.272 e. The van der Waals surface area contributed by atoms with Crippen LogP contribution >= 0.6 is 11.8 Å². The van der Waals surface area contributed by atoms with Crippen molar-refractivity contribution in [2.45, 2.75) is 50.7 Å². The SMILES string of the molecule is Cc1cc(C)cc(NC(=O)C(C)Sc2ccc(NC(=O)/C(=C/c3ccc(C(C)C)cc3)NC(=O)c3ccccc3)cc2)c1. The van der Waals surface area contributed by atoms with Crippen LogP contribution in [0.3, 0.4) is 0 Å². The van der Waals surface area contributed by atoms with Gasteiger partial charge in [-0.2, -0.15) is 0 Å². The predicted octanol–water partition coefficient (Wildman–Crippen LogP) is 7.96. The molecule has 0 saturated heterocycles. The average molecular weight is 592 g/mol. The molecule has 0 aliphatic rings. The molecule has 1 unspecified atom stereocenters. The lowest BCUT2D eigenvalue weighted by atomic mass is 10.0. The van der Waals surface area contributed by atoms with Gasteiger partial charge >= 0.3 is 0 Å². The van der Waals surface area contributed by atoms with Gasteiger partial charge in [0, 0.05) is 21.8 Å². The van der Waals surface area contributed by atoms with Gasteiger partial charge < -0.3 is 16.0 Å². The molecule has 3 N–H and O–H groups in total. The molecule has 0 bridgehead atoms. The van der Waals surface area contributed by atoms with E-state index in [1.807, 2.05) is 75.4 Å². The minimum atomic E-state index is -0.446. The Morgan fingerprint density at radius 1 is 0.721 bits per heavy atom. The van der Waals surface area contributed by atoms with Crippen LogP contribution < -0.4 is 16.0 Å². The summed E-state index contributed by atoms with van der Waals surface area (Å²) in [5, 5.41) is 8.33. The molecule has 0 radical (unpaired) electrons. The first-order valence-corrected chi connectivity index (χ1v) is 15.1. The number of hydrogen-bond donors (Lipinski definition) is 3. The standard InChI is InChI=1S/C36H37N3O3S/c1-23(2)28-13-11-27(12-14-28)22-33(39-35(41)29-9-7-6-8-10-29)36(42)37-30-15-17-32(18-16-30)43-26(5)34(40)38-31-20-24(3)19-25(4)21-31/h6-23,26H,1-5H3,(H,37,42)(H,38,40)(H,39,41)/b33-22-. The summed E-state index contributed by atoms with van der Waals surface area (Å²) in [5.74, 6) is -0.522. The fourth-order valence-corrected chi connectivity index (χ4v) is 5.32. The van der Waals surface area contributed by atoms with E-state index < -0.39 is 5.91 Å². The van der Waals surface area contributed by atoms with Gasteiger partial charge in [-0.1, -0.05) is 62.4 Å². The number of hydrogen-bond acceptors (Lipinski definition) is 4. The van der Waals surface area contributed by atoms with E-state index in [4.69, 9.17) is 0 Å². The molecule has 7 heteroatoms. The zero-order valence-electron chi connectivity index (χ0n) is 25.1. The summed E-state index contributed by atoms with van der Waals surface area (Å²) >= 11 is 1.43. The highest BCUT2D eigenvalue weighted by molar-refractivity contribution is 8.00. The lowest BCUT2D eigenvalue weighted by molar-refractivity contribution is -0.115. The van der Waals surface area contributed by atoms with Crippen molar-refractivity contribution in [1.82, 2.24) is 5.32 Å². The molecular weight excluding hydrogens is 554 g/mol. The minimum Gasteiger partial charge on any atom is -0.325 e. The van der Waals surface area contributed by atoms with Gasteiger partial charge in [-0.3, -0.25) is 14.4 Å². The largest absolute Gasteiger partial charge is 0.325 e. The number of benzene rings is 4. The van der Waals surface area contributed by atoms with Gasteiger partial charge in [-0.05, 0) is 104 Å². The quantitative estimate of drug-likeness (QED) is 0.129. The van der Waals surface area contributed by atoms with Gasteiger partial charge in [0.2, 0.25) is 5.91 Å². The Labute approximate surface area is 258 Å². The Morgan fingerprint density at radius 3 is 1.95 bits per heavy atom. The Hall–Kier alpha value is -4.62. The molecule has 1 atom stereocenters. The zero-order valence-corrected chi connectivity index (χ0v) is 25.9. The maximum Gasteiger partial charge on any atom is 0.272 e. The zero-order chi connectivity index (χ0) is 30.9. The van der Waals surface area contributed by atoms with Gasteiger partial charge in [-0.15, -0.1) is 11.8 Å². The van der Waals surface area contributed by atoms with Crippen molar-refractivity contribution in [3.05, 3.63) is 131 Å². The number of carbonyl (C=O) groups is 3. The van der Waals surface area contributed by atoms with Gasteiger partial charge in [0.25, 0.3) is 11.8 Å². The molecule has 0 aromatic heterocycles. The summed E-state index contributed by atoms with van der Waals surface area (Å²) in [4.78, 5) is 40.0. The topological polar surface area (TPSA) is 87.3 Å². The summed E-state index contributed by atoms with van der Waals surface area (Å²) in [6.07, 6.45) is 1.67. The normalized spacial score (nSPS) is 12.0. The third kappa shape index (κ3) is 9.18. The Balaban J connectivity index is 1.44. The third-order valence-corrected chi connectivity index (χ3v) is 7.84. The van der Waals surface area contributed by atoms with Crippen LogP contribution in [-0.2, 0) is 9.59 Å². The van der Waals surface area contributed by atoms with Crippen molar-refractivity contribution in [3.8, 4) is 0 Å². The predicted molar refractivity (Wildman–Crippen MR) is 177 cm³/mol. The first-order valence-electron chi connectivity index (χ1n) is 14.2. The van der Waals surface area contributed by atoms with E-state index in [9.17, 15) is 14.4 Å². The fourth-order valence-electron chi connectivity index (χ4n) is 4.45. The molecule has 0 spiro atoms. The second-order valence-electron chi connectivity index (χ2n) is 10.8. The first kappa shape index (κ1) is 31.3. The molecule has 0 saturated carbocycles. The lowest BCUT2D eigenvalue weighted by Gasteiger charge is -2.14.